The van der Waals surface area contributed by atoms with E-state index in [0.717, 1.165) is 0 Å². The lowest BCUT2D eigenvalue weighted by molar-refractivity contribution is 0.383. The molecule has 1 rings (SSSR count). The molecule has 82 valence electrons. The molecule has 0 spiro atoms. The number of halogens is 3. The molecule has 0 saturated carbocycles. The number of rotatable bonds is 3. The van der Waals surface area contributed by atoms with Crippen LogP contribution in [0, 0.1) is 0 Å². The molecule has 0 unspecified atom stereocenters. The van der Waals surface area contributed by atoms with Gasteiger partial charge < -0.3 is 4.18 Å². The van der Waals surface area contributed by atoms with Gasteiger partial charge >= 0.3 is 21.4 Å². The van der Waals surface area contributed by atoms with Gasteiger partial charge in [-0.1, -0.05) is 18.2 Å². The fraction of sp³-hybridized carbons (Fsp3) is 0. The Morgan fingerprint density at radius 3 is 2.07 bits per heavy atom. The Labute approximate surface area is 83.9 Å². The van der Waals surface area contributed by atoms with E-state index in [2.05, 4.69) is 4.18 Å². The van der Waals surface area contributed by atoms with Crippen LogP contribution in [0.4, 0.5) is 13.2 Å². The highest BCUT2D eigenvalue weighted by molar-refractivity contribution is 7.90. The van der Waals surface area contributed by atoms with E-state index < -0.39 is 21.4 Å². The monoisotopic (exact) mass is 238 g/mol. The molecule has 3 nitrogen and oxygen atoms in total. The average Bonchev–Trinajstić information content (AvgIpc) is 2.17. The zero-order chi connectivity index (χ0) is 11.5. The van der Waals surface area contributed by atoms with E-state index in [0.29, 0.717) is 0 Å². The summed E-state index contributed by atoms with van der Waals surface area (Å²) in [4.78, 5) is 0. The molecule has 0 aliphatic heterocycles. The summed E-state index contributed by atoms with van der Waals surface area (Å²) in [5, 5.41) is -2.58. The zero-order valence-corrected chi connectivity index (χ0v) is 7.97. The number of hydrogen-bond donors (Lipinski definition) is 0. The highest BCUT2D eigenvalue weighted by Gasteiger charge is 2.25. The Balaban J connectivity index is 2.98. The molecule has 0 aliphatic rings. The van der Waals surface area contributed by atoms with Crippen molar-refractivity contribution in [1.82, 2.24) is 0 Å². The van der Waals surface area contributed by atoms with Crippen molar-refractivity contribution < 1.29 is 25.8 Å². The minimum Gasteiger partial charge on any atom is -0.377 e. The summed E-state index contributed by atoms with van der Waals surface area (Å²) in [6.45, 7) is 0. The maximum absolute atomic E-state index is 12.4. The minimum absolute atomic E-state index is 0.242. The van der Waals surface area contributed by atoms with Crippen LogP contribution in [-0.2, 0) is 10.1 Å². The molecule has 0 radical (unpaired) electrons. The SMILES string of the molecule is O=S(=O)(Oc1ccccc1)C(F)=C(F)F. The van der Waals surface area contributed by atoms with Crippen LogP contribution in [0.25, 0.3) is 0 Å². The zero-order valence-electron chi connectivity index (χ0n) is 7.15. The Kier molecular flexibility index (Phi) is 3.35. The van der Waals surface area contributed by atoms with Crippen molar-refractivity contribution in [2.75, 3.05) is 0 Å². The maximum Gasteiger partial charge on any atom is 0.372 e. The lowest BCUT2D eigenvalue weighted by Crippen LogP contribution is -2.09. The quantitative estimate of drug-likeness (QED) is 0.759. The van der Waals surface area contributed by atoms with Crippen molar-refractivity contribution in [1.29, 1.82) is 0 Å². The van der Waals surface area contributed by atoms with E-state index >= 15 is 0 Å². The summed E-state index contributed by atoms with van der Waals surface area (Å²) in [6, 6.07) is 6.78. The Bertz CT molecular complexity index is 463. The molecular weight excluding hydrogens is 233 g/mol. The Morgan fingerprint density at radius 1 is 1.07 bits per heavy atom. The first-order valence-electron chi connectivity index (χ1n) is 3.64. The molecule has 0 aromatic heterocycles. The van der Waals surface area contributed by atoms with Crippen molar-refractivity contribution in [3.05, 3.63) is 41.6 Å². The molecule has 0 amide bonds. The van der Waals surface area contributed by atoms with Crippen LogP contribution in [0.15, 0.2) is 41.6 Å². The van der Waals surface area contributed by atoms with Gasteiger partial charge in [0.05, 0.1) is 0 Å². The molecule has 0 saturated heterocycles. The van der Waals surface area contributed by atoms with Gasteiger partial charge in [0.1, 0.15) is 5.75 Å². The van der Waals surface area contributed by atoms with Crippen molar-refractivity contribution in [2.45, 2.75) is 0 Å². The second-order valence-corrected chi connectivity index (χ2v) is 3.82. The molecule has 0 N–H and O–H groups in total. The molecule has 0 aliphatic carbocycles. The average molecular weight is 238 g/mol. The molecule has 0 heterocycles. The van der Waals surface area contributed by atoms with Crippen molar-refractivity contribution >= 4 is 10.1 Å². The fourth-order valence-electron chi connectivity index (χ4n) is 0.734. The van der Waals surface area contributed by atoms with E-state index in [1.54, 1.807) is 6.07 Å². The van der Waals surface area contributed by atoms with E-state index in [9.17, 15) is 21.6 Å². The second kappa shape index (κ2) is 4.35. The summed E-state index contributed by atoms with van der Waals surface area (Å²) < 4.78 is 61.4. The molecule has 15 heavy (non-hydrogen) atoms. The summed E-state index contributed by atoms with van der Waals surface area (Å²) in [7, 11) is -5.05. The van der Waals surface area contributed by atoms with Crippen LogP contribution in [0.1, 0.15) is 0 Å². The summed E-state index contributed by atoms with van der Waals surface area (Å²) in [6.07, 6.45) is -2.94. The van der Waals surface area contributed by atoms with Gasteiger partial charge in [-0.25, -0.2) is 0 Å². The van der Waals surface area contributed by atoms with Crippen LogP contribution >= 0.6 is 0 Å². The molecular formula is C8H5F3O3S. The fourth-order valence-corrected chi connectivity index (χ4v) is 1.36. The first-order chi connectivity index (χ1) is 6.93. The Hall–Kier alpha value is -1.50. The normalized spacial score (nSPS) is 10.9. The third kappa shape index (κ3) is 2.98. The van der Waals surface area contributed by atoms with Gasteiger partial charge in [0, 0.05) is 0 Å². The van der Waals surface area contributed by atoms with E-state index in [1.807, 2.05) is 0 Å². The van der Waals surface area contributed by atoms with E-state index in [1.165, 1.54) is 24.3 Å². The topological polar surface area (TPSA) is 43.4 Å². The molecule has 0 atom stereocenters. The first kappa shape index (κ1) is 11.6. The highest BCUT2D eigenvalue weighted by Crippen LogP contribution is 2.21. The van der Waals surface area contributed by atoms with Crippen LogP contribution in [0.3, 0.4) is 0 Å². The van der Waals surface area contributed by atoms with Crippen molar-refractivity contribution in [2.24, 2.45) is 0 Å². The van der Waals surface area contributed by atoms with Crippen LogP contribution in [-0.4, -0.2) is 8.42 Å². The molecule has 7 heteroatoms. The number of hydrogen-bond acceptors (Lipinski definition) is 3. The third-order valence-corrected chi connectivity index (χ3v) is 2.32. The maximum atomic E-state index is 12.4. The van der Waals surface area contributed by atoms with Gasteiger partial charge in [-0.05, 0) is 12.1 Å². The van der Waals surface area contributed by atoms with Gasteiger partial charge in [0.15, 0.2) is 0 Å². The van der Waals surface area contributed by atoms with Gasteiger partial charge in [-0.3, -0.25) is 0 Å². The lowest BCUT2D eigenvalue weighted by atomic mass is 10.3. The molecule has 1 aromatic rings. The van der Waals surface area contributed by atoms with Crippen LogP contribution in [0.2, 0.25) is 0 Å². The number of para-hydroxylation sites is 1. The van der Waals surface area contributed by atoms with Crippen LogP contribution in [0.5, 0.6) is 5.75 Å². The van der Waals surface area contributed by atoms with E-state index in [4.69, 9.17) is 0 Å². The second-order valence-electron chi connectivity index (χ2n) is 2.38. The predicted molar refractivity (Wildman–Crippen MR) is 46.3 cm³/mol. The highest BCUT2D eigenvalue weighted by atomic mass is 32.2. The van der Waals surface area contributed by atoms with Gasteiger partial charge in [0.25, 0.3) is 0 Å². The first-order valence-corrected chi connectivity index (χ1v) is 5.04. The third-order valence-electron chi connectivity index (χ3n) is 1.32. The predicted octanol–water partition coefficient (Wildman–Crippen LogP) is 2.43. The number of benzene rings is 1. The Morgan fingerprint density at radius 2 is 1.60 bits per heavy atom. The smallest absolute Gasteiger partial charge is 0.372 e. The molecule has 0 bridgehead atoms. The van der Waals surface area contributed by atoms with E-state index in [-0.39, 0.29) is 5.75 Å². The van der Waals surface area contributed by atoms with Crippen molar-refractivity contribution in [3.63, 3.8) is 0 Å². The van der Waals surface area contributed by atoms with Crippen LogP contribution < -0.4 is 4.18 Å². The standard InChI is InChI=1S/C8H5F3O3S/c9-7(10)8(11)15(12,13)14-6-4-2-1-3-5-6/h1-5H. The lowest BCUT2D eigenvalue weighted by Gasteiger charge is -2.03. The van der Waals surface area contributed by atoms with Gasteiger partial charge in [-0.2, -0.15) is 21.6 Å². The van der Waals surface area contributed by atoms with Crippen molar-refractivity contribution in [3.8, 4) is 5.75 Å². The largest absolute Gasteiger partial charge is 0.377 e. The summed E-state index contributed by atoms with van der Waals surface area (Å²) in [5.74, 6) is -0.242. The minimum atomic E-state index is -5.05. The van der Waals surface area contributed by atoms with Gasteiger partial charge in [-0.15, -0.1) is 0 Å². The summed E-state index contributed by atoms with van der Waals surface area (Å²) in [5.41, 5.74) is 0. The molecule has 1 aromatic carbocycles. The van der Waals surface area contributed by atoms with Gasteiger partial charge in [0.2, 0.25) is 0 Å². The summed E-state index contributed by atoms with van der Waals surface area (Å²) >= 11 is 0. The molecule has 0 fully saturated rings.